The second-order valence-electron chi connectivity index (χ2n) is 8.62. The molecule has 0 bridgehead atoms. The van der Waals surface area contributed by atoms with E-state index < -0.39 is 12.0 Å². The zero-order valence-corrected chi connectivity index (χ0v) is 20.4. The van der Waals surface area contributed by atoms with Gasteiger partial charge in [0.05, 0.1) is 32.0 Å². The lowest BCUT2D eigenvalue weighted by atomic mass is 10.1. The highest BCUT2D eigenvalue weighted by Crippen LogP contribution is 2.31. The van der Waals surface area contributed by atoms with Crippen LogP contribution in [0.4, 0.5) is 4.39 Å². The molecule has 0 spiro atoms. The van der Waals surface area contributed by atoms with E-state index in [2.05, 4.69) is 20.5 Å². The van der Waals surface area contributed by atoms with Gasteiger partial charge in [-0.1, -0.05) is 35.5 Å². The number of nitrogens with zero attached hydrogens (tertiary/aromatic N) is 4. The number of carbonyl (C=O) groups excluding carboxylic acids is 2. The minimum atomic E-state index is -0.558. The van der Waals surface area contributed by atoms with Crippen molar-refractivity contribution >= 4 is 11.9 Å². The predicted octanol–water partition coefficient (Wildman–Crippen LogP) is 2.78. The van der Waals surface area contributed by atoms with Crippen molar-refractivity contribution in [1.82, 2.24) is 25.2 Å². The van der Waals surface area contributed by atoms with E-state index >= 15 is 0 Å². The molecule has 0 aliphatic carbocycles. The summed E-state index contributed by atoms with van der Waals surface area (Å²) >= 11 is 0. The van der Waals surface area contributed by atoms with Crippen LogP contribution in [0.2, 0.25) is 0 Å². The molecule has 10 heteroatoms. The Bertz CT molecular complexity index is 1180. The van der Waals surface area contributed by atoms with Crippen LogP contribution in [-0.4, -0.2) is 64.6 Å². The number of halogens is 1. The molecule has 2 heterocycles. The number of benzene rings is 2. The highest BCUT2D eigenvalue weighted by Gasteiger charge is 2.38. The Morgan fingerprint density at radius 2 is 1.94 bits per heavy atom. The van der Waals surface area contributed by atoms with E-state index in [1.807, 2.05) is 31.2 Å². The molecule has 190 valence electrons. The molecule has 1 fully saturated rings. The van der Waals surface area contributed by atoms with Gasteiger partial charge in [0.25, 0.3) is 0 Å². The normalized spacial score (nSPS) is 17.6. The van der Waals surface area contributed by atoms with Crippen molar-refractivity contribution in [3.63, 3.8) is 0 Å². The van der Waals surface area contributed by atoms with Gasteiger partial charge in [0.2, 0.25) is 5.91 Å². The van der Waals surface area contributed by atoms with Gasteiger partial charge in [0, 0.05) is 25.2 Å². The van der Waals surface area contributed by atoms with E-state index in [4.69, 9.17) is 9.47 Å². The number of methoxy groups -OCH3 is 1. The molecule has 36 heavy (non-hydrogen) atoms. The third kappa shape index (κ3) is 6.06. The quantitative estimate of drug-likeness (QED) is 0.432. The number of likely N-dealkylation sites (tertiary alicyclic amines) is 1. The number of para-hydroxylation sites is 1. The summed E-state index contributed by atoms with van der Waals surface area (Å²) in [5.41, 5.74) is 2.05. The summed E-state index contributed by atoms with van der Waals surface area (Å²) in [6, 6.07) is 13.5. The molecule has 1 amide bonds. The van der Waals surface area contributed by atoms with Crippen LogP contribution >= 0.6 is 0 Å². The van der Waals surface area contributed by atoms with E-state index in [1.165, 1.54) is 19.2 Å². The average Bonchev–Trinajstić information content (AvgIpc) is 3.54. The average molecular weight is 496 g/mol. The predicted molar refractivity (Wildman–Crippen MR) is 130 cm³/mol. The topological polar surface area (TPSA) is 98.6 Å². The zero-order chi connectivity index (χ0) is 25.5. The number of nitrogens with one attached hydrogen (secondary N) is 1. The molecule has 3 aromatic rings. The Morgan fingerprint density at radius 3 is 2.69 bits per heavy atom. The molecule has 1 saturated heterocycles. The van der Waals surface area contributed by atoms with Crippen molar-refractivity contribution in [2.24, 2.45) is 0 Å². The SMILES string of the molecule is CCOc1ccccc1CN1C[C@@H](n2cc(C(=O)OC)nn2)C[C@H]1C(=O)NCCc1ccc(F)cc1. The van der Waals surface area contributed by atoms with Crippen LogP contribution in [0, 0.1) is 5.82 Å². The Balaban J connectivity index is 1.48. The third-order valence-corrected chi connectivity index (χ3v) is 6.24. The number of hydrogen-bond acceptors (Lipinski definition) is 7. The van der Waals surface area contributed by atoms with Gasteiger partial charge < -0.3 is 14.8 Å². The fourth-order valence-corrected chi connectivity index (χ4v) is 4.42. The van der Waals surface area contributed by atoms with Crippen molar-refractivity contribution < 1.29 is 23.5 Å². The van der Waals surface area contributed by atoms with Crippen LogP contribution in [0.25, 0.3) is 0 Å². The Hall–Kier alpha value is -3.79. The lowest BCUT2D eigenvalue weighted by molar-refractivity contribution is -0.125. The highest BCUT2D eigenvalue weighted by molar-refractivity contribution is 5.86. The molecule has 2 atom stereocenters. The molecule has 4 rings (SSSR count). The first-order valence-electron chi connectivity index (χ1n) is 12.0. The fraction of sp³-hybridized carbons (Fsp3) is 0.385. The molecule has 1 aliphatic rings. The van der Waals surface area contributed by atoms with Crippen LogP contribution in [0.15, 0.2) is 54.7 Å². The highest BCUT2D eigenvalue weighted by atomic mass is 19.1. The van der Waals surface area contributed by atoms with Crippen molar-refractivity contribution in [2.75, 3.05) is 26.8 Å². The van der Waals surface area contributed by atoms with Gasteiger partial charge >= 0.3 is 5.97 Å². The zero-order valence-electron chi connectivity index (χ0n) is 20.4. The summed E-state index contributed by atoms with van der Waals surface area (Å²) in [4.78, 5) is 27.2. The van der Waals surface area contributed by atoms with Crippen LogP contribution < -0.4 is 10.1 Å². The summed E-state index contributed by atoms with van der Waals surface area (Å²) in [6.07, 6.45) is 2.65. The van der Waals surface area contributed by atoms with Gasteiger partial charge in [-0.15, -0.1) is 5.10 Å². The molecule has 2 aromatic carbocycles. The van der Waals surface area contributed by atoms with Crippen molar-refractivity contribution in [3.8, 4) is 5.75 Å². The molecule has 1 aromatic heterocycles. The van der Waals surface area contributed by atoms with Gasteiger partial charge in [0.15, 0.2) is 5.69 Å². The second kappa shape index (κ2) is 11.8. The van der Waals surface area contributed by atoms with E-state index in [9.17, 15) is 14.0 Å². The first-order valence-corrected chi connectivity index (χ1v) is 12.0. The Kier molecular flexibility index (Phi) is 8.27. The van der Waals surface area contributed by atoms with E-state index in [0.29, 0.717) is 39.1 Å². The van der Waals surface area contributed by atoms with E-state index in [1.54, 1.807) is 23.0 Å². The number of esters is 1. The summed E-state index contributed by atoms with van der Waals surface area (Å²) < 4.78 is 25.3. The first kappa shape index (κ1) is 25.3. The van der Waals surface area contributed by atoms with Gasteiger partial charge in [-0.2, -0.15) is 0 Å². The lowest BCUT2D eigenvalue weighted by Crippen LogP contribution is -2.43. The summed E-state index contributed by atoms with van der Waals surface area (Å²) in [5, 5.41) is 11.0. The van der Waals surface area contributed by atoms with Crippen LogP contribution in [0.3, 0.4) is 0 Å². The number of amides is 1. The maximum atomic E-state index is 13.3. The molecule has 0 saturated carbocycles. The molecule has 9 nitrogen and oxygen atoms in total. The Morgan fingerprint density at radius 1 is 1.17 bits per heavy atom. The lowest BCUT2D eigenvalue weighted by Gasteiger charge is -2.24. The largest absolute Gasteiger partial charge is 0.494 e. The Labute approximate surface area is 209 Å². The fourth-order valence-electron chi connectivity index (χ4n) is 4.42. The number of rotatable bonds is 10. The summed E-state index contributed by atoms with van der Waals surface area (Å²) in [5.74, 6) is -0.155. The molecule has 0 unspecified atom stereocenters. The van der Waals surface area contributed by atoms with Gasteiger partial charge in [-0.05, 0) is 43.5 Å². The number of hydrogen-bond donors (Lipinski definition) is 1. The van der Waals surface area contributed by atoms with Crippen molar-refractivity contribution in [3.05, 3.63) is 77.4 Å². The summed E-state index contributed by atoms with van der Waals surface area (Å²) in [7, 11) is 1.29. The van der Waals surface area contributed by atoms with Crippen LogP contribution in [0.1, 0.15) is 41.0 Å². The smallest absolute Gasteiger partial charge is 0.360 e. The molecule has 1 N–H and O–H groups in total. The molecular weight excluding hydrogens is 465 g/mol. The standard InChI is InChI=1S/C26H30FN5O4/c1-3-36-24-7-5-4-6-19(24)15-31-16-21(32-17-22(29-30-32)26(34)35-2)14-23(31)25(33)28-13-12-18-8-10-20(27)11-9-18/h4-11,17,21,23H,3,12-16H2,1-2H3,(H,28,33)/t21-,23-/m0/s1. The van der Waals surface area contributed by atoms with Gasteiger partial charge in [-0.25, -0.2) is 13.9 Å². The number of ether oxygens (including phenoxy) is 2. The minimum absolute atomic E-state index is 0.0955. The van der Waals surface area contributed by atoms with E-state index in [0.717, 1.165) is 16.9 Å². The van der Waals surface area contributed by atoms with Crippen molar-refractivity contribution in [2.45, 2.75) is 38.4 Å². The number of aromatic nitrogens is 3. The maximum absolute atomic E-state index is 13.3. The number of carbonyl (C=O) groups is 2. The van der Waals surface area contributed by atoms with Crippen LogP contribution in [-0.2, 0) is 22.5 Å². The van der Waals surface area contributed by atoms with Crippen LogP contribution in [0.5, 0.6) is 5.75 Å². The summed E-state index contributed by atoms with van der Waals surface area (Å²) in [6.45, 7) is 3.97. The third-order valence-electron chi connectivity index (χ3n) is 6.24. The van der Waals surface area contributed by atoms with Gasteiger partial charge in [0.1, 0.15) is 11.6 Å². The molecular formula is C26H30FN5O4. The second-order valence-corrected chi connectivity index (χ2v) is 8.62. The minimum Gasteiger partial charge on any atom is -0.494 e. The monoisotopic (exact) mass is 495 g/mol. The van der Waals surface area contributed by atoms with E-state index in [-0.39, 0.29) is 23.5 Å². The molecule has 0 radical (unpaired) electrons. The maximum Gasteiger partial charge on any atom is 0.360 e. The van der Waals surface area contributed by atoms with Crippen molar-refractivity contribution in [1.29, 1.82) is 0 Å². The van der Waals surface area contributed by atoms with Gasteiger partial charge in [-0.3, -0.25) is 9.69 Å². The molecule has 1 aliphatic heterocycles. The first-order chi connectivity index (χ1) is 17.5.